The molecule has 3 rings (SSSR count). The van der Waals surface area contributed by atoms with Gasteiger partial charge in [0.15, 0.2) is 0 Å². The highest BCUT2D eigenvalue weighted by molar-refractivity contribution is 5.90. The van der Waals surface area contributed by atoms with E-state index in [2.05, 4.69) is 5.10 Å². The number of para-hydroxylation sites is 1. The minimum absolute atomic E-state index is 0.00501. The maximum atomic E-state index is 11.3. The second-order valence-electron chi connectivity index (χ2n) is 4.28. The van der Waals surface area contributed by atoms with Crippen LogP contribution in [0.25, 0.3) is 5.69 Å². The lowest BCUT2D eigenvalue weighted by atomic mass is 10.3. The highest BCUT2D eigenvalue weighted by Crippen LogP contribution is 2.23. The van der Waals surface area contributed by atoms with Gasteiger partial charge in [-0.05, 0) is 24.3 Å². The molecule has 0 fully saturated rings. The van der Waals surface area contributed by atoms with E-state index in [0.29, 0.717) is 5.76 Å². The third-order valence-corrected chi connectivity index (χ3v) is 2.89. The van der Waals surface area contributed by atoms with Crippen molar-refractivity contribution in [2.24, 2.45) is 0 Å². The van der Waals surface area contributed by atoms with E-state index in [4.69, 9.17) is 9.15 Å². The predicted octanol–water partition coefficient (Wildman–Crippen LogP) is 2.74. The minimum Gasteiger partial charge on any atom is -0.477 e. The van der Waals surface area contributed by atoms with E-state index in [0.717, 1.165) is 5.69 Å². The molecule has 0 aliphatic heterocycles. The molecule has 0 aliphatic carbocycles. The molecule has 0 saturated carbocycles. The number of nitrogens with zero attached hydrogens (tertiary/aromatic N) is 2. The topological polar surface area (TPSA) is 77.5 Å². The van der Waals surface area contributed by atoms with Crippen LogP contribution in [0.2, 0.25) is 0 Å². The fraction of sp³-hybridized carbons (Fsp3) is 0.0667. The van der Waals surface area contributed by atoms with Crippen molar-refractivity contribution in [1.29, 1.82) is 0 Å². The fourth-order valence-electron chi connectivity index (χ4n) is 1.91. The lowest BCUT2D eigenvalue weighted by molar-refractivity contribution is 0.0691. The van der Waals surface area contributed by atoms with Gasteiger partial charge in [-0.15, -0.1) is 0 Å². The molecule has 3 aromatic rings. The number of ether oxygens (including phenoxy) is 1. The number of rotatable bonds is 5. The number of carbonyl (C=O) groups is 1. The van der Waals surface area contributed by atoms with Crippen molar-refractivity contribution >= 4 is 5.97 Å². The zero-order valence-electron chi connectivity index (χ0n) is 11.0. The molecule has 0 unspecified atom stereocenters. The van der Waals surface area contributed by atoms with E-state index in [-0.39, 0.29) is 18.1 Å². The molecule has 0 bridgehead atoms. The van der Waals surface area contributed by atoms with Gasteiger partial charge in [0.05, 0.1) is 18.1 Å². The van der Waals surface area contributed by atoms with Crippen molar-refractivity contribution in [3.8, 4) is 11.6 Å². The molecule has 0 radical (unpaired) electrons. The summed E-state index contributed by atoms with van der Waals surface area (Å²) in [5.41, 5.74) is 0.727. The van der Waals surface area contributed by atoms with Gasteiger partial charge in [0.2, 0.25) is 5.88 Å². The van der Waals surface area contributed by atoms with Crippen molar-refractivity contribution in [1.82, 2.24) is 9.78 Å². The third-order valence-electron chi connectivity index (χ3n) is 2.89. The Morgan fingerprint density at radius 1 is 1.24 bits per heavy atom. The summed E-state index contributed by atoms with van der Waals surface area (Å²) in [4.78, 5) is 11.3. The van der Waals surface area contributed by atoms with Crippen LogP contribution >= 0.6 is 0 Å². The standard InChI is InChI=1S/C15H12N2O4/c18-15(19)13-9-16-17(11-5-2-1-3-6-11)14(13)21-10-12-7-4-8-20-12/h1-9H,10H2,(H,18,19). The monoisotopic (exact) mass is 284 g/mol. The Bertz CT molecular complexity index is 732. The van der Waals surface area contributed by atoms with Gasteiger partial charge in [0.25, 0.3) is 0 Å². The second-order valence-corrected chi connectivity index (χ2v) is 4.28. The largest absolute Gasteiger partial charge is 0.477 e. The summed E-state index contributed by atoms with van der Waals surface area (Å²) in [5.74, 6) is -0.316. The van der Waals surface area contributed by atoms with Crippen LogP contribution in [0.5, 0.6) is 5.88 Å². The maximum absolute atomic E-state index is 11.3. The Kier molecular flexibility index (Phi) is 3.42. The summed E-state index contributed by atoms with van der Waals surface area (Å²) in [6, 6.07) is 12.7. The predicted molar refractivity (Wildman–Crippen MR) is 73.6 cm³/mol. The number of furan rings is 1. The highest BCUT2D eigenvalue weighted by Gasteiger charge is 2.19. The molecule has 0 saturated heterocycles. The van der Waals surface area contributed by atoms with E-state index in [9.17, 15) is 9.90 Å². The van der Waals surface area contributed by atoms with Crippen molar-refractivity contribution in [3.63, 3.8) is 0 Å². The Morgan fingerprint density at radius 2 is 2.05 bits per heavy atom. The summed E-state index contributed by atoms with van der Waals surface area (Å²) in [7, 11) is 0. The third kappa shape index (κ3) is 2.64. The van der Waals surface area contributed by atoms with Gasteiger partial charge in [0.1, 0.15) is 17.9 Å². The van der Waals surface area contributed by atoms with Crippen molar-refractivity contribution in [2.45, 2.75) is 6.61 Å². The molecule has 6 heteroatoms. The van der Waals surface area contributed by atoms with E-state index in [1.807, 2.05) is 30.3 Å². The van der Waals surface area contributed by atoms with Crippen molar-refractivity contribution in [2.75, 3.05) is 0 Å². The SMILES string of the molecule is O=C(O)c1cnn(-c2ccccc2)c1OCc1ccco1. The van der Waals surface area contributed by atoms with Gasteiger partial charge in [-0.25, -0.2) is 9.48 Å². The Labute approximate surface area is 120 Å². The molecular weight excluding hydrogens is 272 g/mol. The molecule has 2 aromatic heterocycles. The van der Waals surface area contributed by atoms with Crippen molar-refractivity contribution < 1.29 is 19.1 Å². The molecule has 0 aliphatic rings. The van der Waals surface area contributed by atoms with Gasteiger partial charge < -0.3 is 14.3 Å². The van der Waals surface area contributed by atoms with Crippen LogP contribution in [0.4, 0.5) is 0 Å². The molecule has 2 heterocycles. The first-order valence-corrected chi connectivity index (χ1v) is 6.27. The van der Waals surface area contributed by atoms with E-state index < -0.39 is 5.97 Å². The minimum atomic E-state index is -1.09. The number of benzene rings is 1. The van der Waals surface area contributed by atoms with Crippen LogP contribution in [0.1, 0.15) is 16.1 Å². The number of hydrogen-bond donors (Lipinski definition) is 1. The number of carboxylic acid groups (broad SMARTS) is 1. The summed E-state index contributed by atoms with van der Waals surface area (Å²) in [6.45, 7) is 0.131. The second kappa shape index (κ2) is 5.54. The molecule has 6 nitrogen and oxygen atoms in total. The summed E-state index contributed by atoms with van der Waals surface area (Å²) >= 11 is 0. The number of carboxylic acids is 1. The van der Waals surface area contributed by atoms with E-state index >= 15 is 0 Å². The van der Waals surface area contributed by atoms with Crippen LogP contribution in [0.15, 0.2) is 59.3 Å². The Balaban J connectivity index is 1.95. The van der Waals surface area contributed by atoms with Gasteiger partial charge in [-0.1, -0.05) is 18.2 Å². The van der Waals surface area contributed by atoms with Gasteiger partial charge >= 0.3 is 5.97 Å². The maximum Gasteiger partial charge on any atom is 0.342 e. The lowest BCUT2D eigenvalue weighted by Gasteiger charge is -2.09. The van der Waals surface area contributed by atoms with E-state index in [1.165, 1.54) is 17.1 Å². The Morgan fingerprint density at radius 3 is 2.71 bits per heavy atom. The molecule has 0 spiro atoms. The van der Waals surface area contributed by atoms with Gasteiger partial charge in [-0.2, -0.15) is 5.10 Å². The molecule has 106 valence electrons. The average Bonchev–Trinajstić information content (AvgIpc) is 3.15. The van der Waals surface area contributed by atoms with Crippen molar-refractivity contribution in [3.05, 3.63) is 66.2 Å². The van der Waals surface area contributed by atoms with Crippen LogP contribution in [-0.2, 0) is 6.61 Å². The molecule has 1 aromatic carbocycles. The van der Waals surface area contributed by atoms with Crippen LogP contribution < -0.4 is 4.74 Å². The smallest absolute Gasteiger partial charge is 0.342 e. The Hall–Kier alpha value is -3.02. The lowest BCUT2D eigenvalue weighted by Crippen LogP contribution is -2.06. The molecule has 0 atom stereocenters. The molecule has 21 heavy (non-hydrogen) atoms. The number of aromatic carboxylic acids is 1. The van der Waals surface area contributed by atoms with Gasteiger partial charge in [-0.3, -0.25) is 0 Å². The summed E-state index contributed by atoms with van der Waals surface area (Å²) < 4.78 is 12.2. The first-order valence-electron chi connectivity index (χ1n) is 6.27. The van der Waals surface area contributed by atoms with Crippen LogP contribution in [0.3, 0.4) is 0 Å². The number of aromatic nitrogens is 2. The normalized spacial score (nSPS) is 10.5. The van der Waals surface area contributed by atoms with E-state index in [1.54, 1.807) is 12.1 Å². The number of hydrogen-bond acceptors (Lipinski definition) is 4. The first kappa shape index (κ1) is 13.0. The van der Waals surface area contributed by atoms with Crippen LogP contribution in [0, 0.1) is 0 Å². The summed E-state index contributed by atoms with van der Waals surface area (Å²) in [5, 5.41) is 13.3. The quantitative estimate of drug-likeness (QED) is 0.779. The molecule has 0 amide bonds. The zero-order valence-corrected chi connectivity index (χ0v) is 11.0. The molecular formula is C15H12N2O4. The zero-order chi connectivity index (χ0) is 14.7. The molecule has 1 N–H and O–H groups in total. The highest BCUT2D eigenvalue weighted by atomic mass is 16.5. The van der Waals surface area contributed by atoms with Gasteiger partial charge in [0, 0.05) is 0 Å². The fourth-order valence-corrected chi connectivity index (χ4v) is 1.91. The van der Waals surface area contributed by atoms with Crippen LogP contribution in [-0.4, -0.2) is 20.9 Å². The first-order chi connectivity index (χ1) is 10.3. The average molecular weight is 284 g/mol. The summed E-state index contributed by atoms with van der Waals surface area (Å²) in [6.07, 6.45) is 2.80.